The van der Waals surface area contributed by atoms with Crippen LogP contribution in [-0.4, -0.2) is 24.3 Å². The van der Waals surface area contributed by atoms with Crippen molar-refractivity contribution in [1.29, 1.82) is 0 Å². The Morgan fingerprint density at radius 3 is 2.45 bits per heavy atom. The predicted octanol–water partition coefficient (Wildman–Crippen LogP) is 1.14. The third-order valence-corrected chi connectivity index (χ3v) is 3.91. The number of carbonyl (C=O) groups excluding carboxylic acids is 1. The van der Waals surface area contributed by atoms with Gasteiger partial charge in [-0.05, 0) is 34.1 Å². The third kappa shape index (κ3) is 3.38. The number of sulfonamides is 1. The Morgan fingerprint density at radius 2 is 1.90 bits per heavy atom. The summed E-state index contributed by atoms with van der Waals surface area (Å²) in [5.41, 5.74) is 0.696. The van der Waals surface area contributed by atoms with Crippen molar-refractivity contribution in [2.24, 2.45) is 5.14 Å². The minimum absolute atomic E-state index is 0.0505. The molecule has 9 heteroatoms. The summed E-state index contributed by atoms with van der Waals surface area (Å²) in [6, 6.07) is 4.05. The van der Waals surface area contributed by atoms with Crippen LogP contribution in [0.25, 0.3) is 0 Å². The molecule has 0 aliphatic heterocycles. The van der Waals surface area contributed by atoms with Crippen molar-refractivity contribution in [3.8, 4) is 0 Å². The van der Waals surface area contributed by atoms with E-state index in [9.17, 15) is 13.2 Å². The van der Waals surface area contributed by atoms with Gasteiger partial charge in [0, 0.05) is 16.9 Å². The lowest BCUT2D eigenvalue weighted by molar-refractivity contribution is 0.102. The summed E-state index contributed by atoms with van der Waals surface area (Å²) in [5.74, 6) is -0.408. The van der Waals surface area contributed by atoms with Crippen LogP contribution in [0, 0.1) is 0 Å². The molecule has 0 atom stereocenters. The normalized spacial score (nSPS) is 11.1. The predicted molar refractivity (Wildman–Crippen MR) is 75.5 cm³/mol. The molecule has 0 aliphatic carbocycles. The summed E-state index contributed by atoms with van der Waals surface area (Å²) in [5, 5.41) is 7.62. The maximum absolute atomic E-state index is 11.9. The van der Waals surface area contributed by atoms with E-state index in [2.05, 4.69) is 31.2 Å². The molecular weight excluding hydrogens is 348 g/mol. The highest BCUT2D eigenvalue weighted by Crippen LogP contribution is 2.25. The number of carbonyl (C=O) groups is 1. The number of nitrogens with two attached hydrogens (primary N) is 1. The second-order valence-corrected chi connectivity index (χ2v) is 6.18. The van der Waals surface area contributed by atoms with Crippen LogP contribution in [-0.2, 0) is 10.0 Å². The van der Waals surface area contributed by atoms with Gasteiger partial charge in [0.2, 0.25) is 10.0 Å². The maximum atomic E-state index is 11.9. The largest absolute Gasteiger partial charge is 0.321 e. The van der Waals surface area contributed by atoms with Gasteiger partial charge in [0.25, 0.3) is 5.91 Å². The van der Waals surface area contributed by atoms with Crippen molar-refractivity contribution in [3.63, 3.8) is 0 Å². The number of aromatic nitrogens is 2. The number of hydrogen-bond acceptors (Lipinski definition) is 5. The first-order valence-electron chi connectivity index (χ1n) is 5.26. The van der Waals surface area contributed by atoms with Gasteiger partial charge in [-0.1, -0.05) is 0 Å². The van der Waals surface area contributed by atoms with E-state index in [0.717, 1.165) is 0 Å². The Morgan fingerprint density at radius 1 is 1.25 bits per heavy atom. The van der Waals surface area contributed by atoms with Gasteiger partial charge >= 0.3 is 0 Å². The molecule has 104 valence electrons. The lowest BCUT2D eigenvalue weighted by atomic mass is 10.3. The summed E-state index contributed by atoms with van der Waals surface area (Å²) in [4.78, 5) is 19.3. The Labute approximate surface area is 123 Å². The molecule has 7 nitrogen and oxygen atoms in total. The topological polar surface area (TPSA) is 115 Å². The van der Waals surface area contributed by atoms with Gasteiger partial charge in [-0.15, -0.1) is 0 Å². The zero-order chi connectivity index (χ0) is 14.8. The Bertz CT molecular complexity index is 750. The van der Waals surface area contributed by atoms with Crippen molar-refractivity contribution < 1.29 is 13.2 Å². The third-order valence-electron chi connectivity index (χ3n) is 2.34. The fraction of sp³-hybridized carbons (Fsp3) is 0. The Balaban J connectivity index is 2.25. The average molecular weight is 357 g/mol. The van der Waals surface area contributed by atoms with Crippen LogP contribution in [0.1, 0.15) is 10.4 Å². The number of hydrogen-bond donors (Lipinski definition) is 2. The van der Waals surface area contributed by atoms with Crippen LogP contribution in [0.2, 0.25) is 0 Å². The van der Waals surface area contributed by atoms with Gasteiger partial charge in [-0.3, -0.25) is 4.79 Å². The van der Waals surface area contributed by atoms with E-state index in [1.165, 1.54) is 36.9 Å². The quantitative estimate of drug-likeness (QED) is 0.855. The molecule has 1 amide bonds. The smallest absolute Gasteiger partial charge is 0.258 e. The first kappa shape index (κ1) is 14.6. The molecule has 2 rings (SSSR count). The van der Waals surface area contributed by atoms with Crippen LogP contribution < -0.4 is 10.5 Å². The van der Waals surface area contributed by atoms with E-state index >= 15 is 0 Å². The van der Waals surface area contributed by atoms with Gasteiger partial charge in [0.05, 0.1) is 16.1 Å². The summed E-state index contributed by atoms with van der Waals surface area (Å²) in [6.45, 7) is 0. The minimum atomic E-state index is -3.79. The van der Waals surface area contributed by atoms with Crippen LogP contribution in [0.4, 0.5) is 5.69 Å². The van der Waals surface area contributed by atoms with Crippen molar-refractivity contribution in [1.82, 2.24) is 9.97 Å². The molecule has 20 heavy (non-hydrogen) atoms. The summed E-state index contributed by atoms with van der Waals surface area (Å²) in [7, 11) is -3.79. The average Bonchev–Trinajstić information content (AvgIpc) is 2.41. The highest BCUT2D eigenvalue weighted by molar-refractivity contribution is 9.10. The molecule has 1 aromatic heterocycles. The number of nitrogens with zero attached hydrogens (tertiary/aromatic N) is 2. The molecule has 2 aromatic rings. The Hall–Kier alpha value is -1.84. The van der Waals surface area contributed by atoms with Crippen LogP contribution >= 0.6 is 15.9 Å². The molecule has 0 bridgehead atoms. The van der Waals surface area contributed by atoms with E-state index in [0.29, 0.717) is 10.2 Å². The van der Waals surface area contributed by atoms with Crippen LogP contribution in [0.15, 0.2) is 46.3 Å². The molecular formula is C11H9BrN4O3S. The first-order chi connectivity index (χ1) is 9.38. The van der Waals surface area contributed by atoms with E-state index in [1.807, 2.05) is 0 Å². The number of primary sulfonamides is 1. The van der Waals surface area contributed by atoms with E-state index < -0.39 is 15.9 Å². The fourth-order valence-corrected chi connectivity index (χ4v) is 2.55. The molecule has 0 saturated carbocycles. The fourth-order valence-electron chi connectivity index (χ4n) is 1.39. The van der Waals surface area contributed by atoms with Crippen LogP contribution in [0.5, 0.6) is 0 Å². The highest BCUT2D eigenvalue weighted by atomic mass is 79.9. The standard InChI is InChI=1S/C11H9BrN4O3S/c12-9-3-8(20(13,18)19)1-2-10(9)16-11(17)7-4-14-6-15-5-7/h1-6H,(H,16,17)(H2,13,18,19). The molecule has 3 N–H and O–H groups in total. The summed E-state index contributed by atoms with van der Waals surface area (Å²) >= 11 is 3.17. The molecule has 1 heterocycles. The van der Waals surface area contributed by atoms with E-state index in [-0.39, 0.29) is 10.5 Å². The molecule has 0 spiro atoms. The number of amides is 1. The van der Waals surface area contributed by atoms with Crippen molar-refractivity contribution in [3.05, 3.63) is 47.0 Å². The SMILES string of the molecule is NS(=O)(=O)c1ccc(NC(=O)c2cncnc2)c(Br)c1. The van der Waals surface area contributed by atoms with Crippen molar-refractivity contribution >= 4 is 37.5 Å². The zero-order valence-corrected chi connectivity index (χ0v) is 12.3. The van der Waals surface area contributed by atoms with E-state index in [4.69, 9.17) is 5.14 Å². The number of benzene rings is 1. The maximum Gasteiger partial charge on any atom is 0.258 e. The van der Waals surface area contributed by atoms with Gasteiger partial charge in [-0.2, -0.15) is 0 Å². The van der Waals surface area contributed by atoms with Gasteiger partial charge in [0.1, 0.15) is 6.33 Å². The number of anilines is 1. The van der Waals surface area contributed by atoms with Crippen molar-refractivity contribution in [2.45, 2.75) is 4.90 Å². The molecule has 0 fully saturated rings. The summed E-state index contributed by atoms with van der Waals surface area (Å²) < 4.78 is 22.8. The molecule has 0 aliphatic rings. The van der Waals surface area contributed by atoms with Gasteiger partial charge in [-0.25, -0.2) is 23.5 Å². The minimum Gasteiger partial charge on any atom is -0.321 e. The molecule has 1 aromatic carbocycles. The lowest BCUT2D eigenvalue weighted by Crippen LogP contribution is -2.14. The lowest BCUT2D eigenvalue weighted by Gasteiger charge is -2.08. The zero-order valence-electron chi connectivity index (χ0n) is 9.95. The molecule has 0 unspecified atom stereocenters. The van der Waals surface area contributed by atoms with Crippen molar-refractivity contribution in [2.75, 3.05) is 5.32 Å². The van der Waals surface area contributed by atoms with Crippen LogP contribution in [0.3, 0.4) is 0 Å². The Kier molecular flexibility index (Phi) is 4.12. The summed E-state index contributed by atoms with van der Waals surface area (Å²) in [6.07, 6.45) is 4.05. The van der Waals surface area contributed by atoms with E-state index in [1.54, 1.807) is 0 Å². The number of halogens is 1. The second kappa shape index (κ2) is 5.65. The number of rotatable bonds is 3. The molecule has 0 radical (unpaired) electrons. The number of nitrogens with one attached hydrogen (secondary N) is 1. The monoisotopic (exact) mass is 356 g/mol. The second-order valence-electron chi connectivity index (χ2n) is 3.77. The van der Waals surface area contributed by atoms with Gasteiger partial charge in [0.15, 0.2) is 0 Å². The van der Waals surface area contributed by atoms with Gasteiger partial charge < -0.3 is 5.32 Å². The first-order valence-corrected chi connectivity index (χ1v) is 7.60. The molecule has 0 saturated heterocycles. The highest BCUT2D eigenvalue weighted by Gasteiger charge is 2.13.